The zero-order valence-electron chi connectivity index (χ0n) is 10.3. The fourth-order valence-electron chi connectivity index (χ4n) is 2.01. The van der Waals surface area contributed by atoms with E-state index in [-0.39, 0.29) is 0 Å². The fraction of sp³-hybridized carbons (Fsp3) is 0.500. The third kappa shape index (κ3) is 2.93. The molecule has 0 spiro atoms. The van der Waals surface area contributed by atoms with Gasteiger partial charge in [-0.15, -0.1) is 0 Å². The van der Waals surface area contributed by atoms with Crippen LogP contribution in [0.2, 0.25) is 0 Å². The average molecular weight is 333 g/mol. The number of nitrogens with one attached hydrogen (secondary N) is 1. The molecule has 0 saturated carbocycles. The number of sulfonamides is 1. The normalized spacial score (nSPS) is 18.6. The Bertz CT molecular complexity index is 523. The lowest BCUT2D eigenvalue weighted by Gasteiger charge is -2.20. The summed E-state index contributed by atoms with van der Waals surface area (Å²) in [5.41, 5.74) is 0.949. The Morgan fingerprint density at radius 1 is 1.28 bits per heavy atom. The monoisotopic (exact) mass is 332 g/mol. The molecule has 0 amide bonds. The van der Waals surface area contributed by atoms with Crippen LogP contribution < -0.4 is 5.32 Å². The van der Waals surface area contributed by atoms with Gasteiger partial charge in [-0.05, 0) is 53.5 Å². The van der Waals surface area contributed by atoms with Crippen LogP contribution >= 0.6 is 15.9 Å². The van der Waals surface area contributed by atoms with E-state index in [0.717, 1.165) is 18.5 Å². The van der Waals surface area contributed by atoms with Crippen molar-refractivity contribution in [3.05, 3.63) is 28.2 Å². The molecule has 6 heteroatoms. The number of benzene rings is 1. The lowest BCUT2D eigenvalue weighted by atomic mass is 10.2. The van der Waals surface area contributed by atoms with E-state index in [1.165, 1.54) is 0 Å². The van der Waals surface area contributed by atoms with Gasteiger partial charge in [0.2, 0.25) is 10.0 Å². The summed E-state index contributed by atoms with van der Waals surface area (Å²) in [5, 5.41) is 3.21. The minimum Gasteiger partial charge on any atom is -0.315 e. The van der Waals surface area contributed by atoms with Crippen molar-refractivity contribution in [1.82, 2.24) is 9.62 Å². The zero-order chi connectivity index (χ0) is 13.2. The molecule has 0 bridgehead atoms. The maximum absolute atomic E-state index is 12.6. The number of halogens is 1. The second-order valence-electron chi connectivity index (χ2n) is 4.44. The van der Waals surface area contributed by atoms with E-state index in [0.29, 0.717) is 29.0 Å². The Morgan fingerprint density at radius 3 is 2.83 bits per heavy atom. The Hall–Kier alpha value is -0.430. The molecule has 1 saturated heterocycles. The van der Waals surface area contributed by atoms with E-state index < -0.39 is 10.0 Å². The molecule has 4 nitrogen and oxygen atoms in total. The predicted octanol–water partition coefficient (Wildman–Crippen LogP) is 1.74. The summed E-state index contributed by atoms with van der Waals surface area (Å²) in [6.45, 7) is 4.59. The predicted molar refractivity (Wildman–Crippen MR) is 75.1 cm³/mol. The highest BCUT2D eigenvalue weighted by Crippen LogP contribution is 2.26. The summed E-state index contributed by atoms with van der Waals surface area (Å²) in [5.74, 6) is 0. The van der Waals surface area contributed by atoms with Crippen LogP contribution in [0.4, 0.5) is 0 Å². The second-order valence-corrected chi connectivity index (χ2v) is 7.20. The first-order chi connectivity index (χ1) is 8.51. The first kappa shape index (κ1) is 14.0. The molecule has 0 atom stereocenters. The molecular weight excluding hydrogens is 316 g/mol. The standard InChI is InChI=1S/C12H17BrN2O2S/c1-10-3-4-11(13)12(9-10)18(16,17)15-7-2-5-14-6-8-15/h3-4,9,14H,2,5-8H2,1H3. The average Bonchev–Trinajstić information content (AvgIpc) is 2.61. The van der Waals surface area contributed by atoms with Crippen molar-refractivity contribution in [3.63, 3.8) is 0 Å². The van der Waals surface area contributed by atoms with E-state index >= 15 is 0 Å². The van der Waals surface area contributed by atoms with Crippen LogP contribution in [0, 0.1) is 6.92 Å². The second kappa shape index (κ2) is 5.69. The molecule has 18 heavy (non-hydrogen) atoms. The van der Waals surface area contributed by atoms with Crippen molar-refractivity contribution in [3.8, 4) is 0 Å². The van der Waals surface area contributed by atoms with Crippen LogP contribution in [-0.2, 0) is 10.0 Å². The summed E-state index contributed by atoms with van der Waals surface area (Å²) in [4.78, 5) is 0.365. The summed E-state index contributed by atoms with van der Waals surface area (Å²) in [6, 6.07) is 5.41. The highest BCUT2D eigenvalue weighted by atomic mass is 79.9. The van der Waals surface area contributed by atoms with Crippen LogP contribution in [0.5, 0.6) is 0 Å². The van der Waals surface area contributed by atoms with Gasteiger partial charge in [0.05, 0.1) is 4.90 Å². The number of hydrogen-bond donors (Lipinski definition) is 1. The Morgan fingerprint density at radius 2 is 2.06 bits per heavy atom. The molecular formula is C12H17BrN2O2S. The highest BCUT2D eigenvalue weighted by Gasteiger charge is 2.26. The molecule has 1 N–H and O–H groups in total. The van der Waals surface area contributed by atoms with E-state index in [4.69, 9.17) is 0 Å². The van der Waals surface area contributed by atoms with Gasteiger partial charge in [0.25, 0.3) is 0 Å². The van der Waals surface area contributed by atoms with Crippen LogP contribution in [0.1, 0.15) is 12.0 Å². The minimum absolute atomic E-state index is 0.365. The van der Waals surface area contributed by atoms with Gasteiger partial charge in [0.15, 0.2) is 0 Å². The van der Waals surface area contributed by atoms with E-state index in [9.17, 15) is 8.42 Å². The highest BCUT2D eigenvalue weighted by molar-refractivity contribution is 9.10. The van der Waals surface area contributed by atoms with E-state index in [1.807, 2.05) is 13.0 Å². The quantitative estimate of drug-likeness (QED) is 0.897. The molecule has 1 fully saturated rings. The molecule has 0 aromatic heterocycles. The van der Waals surface area contributed by atoms with Crippen molar-refractivity contribution in [2.75, 3.05) is 26.2 Å². The van der Waals surface area contributed by atoms with Crippen molar-refractivity contribution in [2.45, 2.75) is 18.2 Å². The maximum Gasteiger partial charge on any atom is 0.244 e. The summed E-state index contributed by atoms with van der Waals surface area (Å²) in [7, 11) is -3.39. The molecule has 1 heterocycles. The number of aryl methyl sites for hydroxylation is 1. The van der Waals surface area contributed by atoms with Gasteiger partial charge in [-0.1, -0.05) is 6.07 Å². The Kier molecular flexibility index (Phi) is 4.42. The summed E-state index contributed by atoms with van der Waals surface area (Å²) in [6.07, 6.45) is 0.850. The molecule has 1 aromatic rings. The van der Waals surface area contributed by atoms with Gasteiger partial charge in [0.1, 0.15) is 0 Å². The number of hydrogen-bond acceptors (Lipinski definition) is 3. The minimum atomic E-state index is -3.39. The third-order valence-corrected chi connectivity index (χ3v) is 5.90. The summed E-state index contributed by atoms with van der Waals surface area (Å²) >= 11 is 3.33. The first-order valence-electron chi connectivity index (χ1n) is 5.99. The van der Waals surface area contributed by atoms with Crippen molar-refractivity contribution in [1.29, 1.82) is 0 Å². The van der Waals surface area contributed by atoms with Gasteiger partial charge < -0.3 is 5.32 Å². The lowest BCUT2D eigenvalue weighted by Crippen LogP contribution is -2.34. The molecule has 1 aliphatic rings. The van der Waals surface area contributed by atoms with Crippen LogP contribution in [0.25, 0.3) is 0 Å². The molecule has 0 aliphatic carbocycles. The molecule has 1 aliphatic heterocycles. The van der Waals surface area contributed by atoms with Crippen molar-refractivity contribution >= 4 is 26.0 Å². The van der Waals surface area contributed by atoms with E-state index in [2.05, 4.69) is 21.2 Å². The van der Waals surface area contributed by atoms with Crippen LogP contribution in [0.15, 0.2) is 27.6 Å². The Balaban J connectivity index is 2.37. The topological polar surface area (TPSA) is 49.4 Å². The molecule has 2 rings (SSSR count). The van der Waals surface area contributed by atoms with Gasteiger partial charge in [-0.3, -0.25) is 0 Å². The fourth-order valence-corrected chi connectivity index (χ4v) is 4.50. The van der Waals surface area contributed by atoms with Crippen LogP contribution in [-0.4, -0.2) is 38.9 Å². The third-order valence-electron chi connectivity index (χ3n) is 3.00. The van der Waals surface area contributed by atoms with Gasteiger partial charge >= 0.3 is 0 Å². The molecule has 0 radical (unpaired) electrons. The number of rotatable bonds is 2. The van der Waals surface area contributed by atoms with Crippen molar-refractivity contribution < 1.29 is 8.42 Å². The maximum atomic E-state index is 12.6. The summed E-state index contributed by atoms with van der Waals surface area (Å²) < 4.78 is 27.4. The first-order valence-corrected chi connectivity index (χ1v) is 8.22. The van der Waals surface area contributed by atoms with Gasteiger partial charge in [-0.2, -0.15) is 4.31 Å². The van der Waals surface area contributed by atoms with Gasteiger partial charge in [-0.25, -0.2) is 8.42 Å². The molecule has 0 unspecified atom stereocenters. The van der Waals surface area contributed by atoms with E-state index in [1.54, 1.807) is 16.4 Å². The van der Waals surface area contributed by atoms with Crippen molar-refractivity contribution in [2.24, 2.45) is 0 Å². The van der Waals surface area contributed by atoms with Crippen LogP contribution in [0.3, 0.4) is 0 Å². The lowest BCUT2D eigenvalue weighted by molar-refractivity contribution is 0.431. The smallest absolute Gasteiger partial charge is 0.244 e. The SMILES string of the molecule is Cc1ccc(Br)c(S(=O)(=O)N2CCCNCC2)c1. The Labute approximate surface area is 117 Å². The molecule has 1 aromatic carbocycles. The largest absolute Gasteiger partial charge is 0.315 e. The zero-order valence-corrected chi connectivity index (χ0v) is 12.7. The molecule has 100 valence electrons. The van der Waals surface area contributed by atoms with Gasteiger partial charge in [0, 0.05) is 24.1 Å². The number of nitrogens with zero attached hydrogens (tertiary/aromatic N) is 1.